The molecule has 1 aliphatic heterocycles. The van der Waals surface area contributed by atoms with Crippen molar-refractivity contribution in [2.45, 2.75) is 19.3 Å². The van der Waals surface area contributed by atoms with E-state index < -0.39 is 0 Å². The quantitative estimate of drug-likeness (QED) is 0.679. The van der Waals surface area contributed by atoms with Crippen molar-refractivity contribution in [3.63, 3.8) is 0 Å². The normalized spacial score (nSPS) is 17.3. The first-order valence-corrected chi connectivity index (χ1v) is 5.39. The lowest BCUT2D eigenvalue weighted by molar-refractivity contribution is 0.240. The summed E-state index contributed by atoms with van der Waals surface area (Å²) in [5.41, 5.74) is 0.820. The summed E-state index contributed by atoms with van der Waals surface area (Å²) in [4.78, 5) is 0. The molecule has 0 atom stereocenters. The lowest BCUT2D eigenvalue weighted by Crippen LogP contribution is -2.24. The zero-order valence-corrected chi connectivity index (χ0v) is 8.69. The molecular formula is C12H15FN2. The summed E-state index contributed by atoms with van der Waals surface area (Å²) in [5, 5.41) is 6.39. The minimum Gasteiger partial charge on any atom is -0.297 e. The average molecular weight is 206 g/mol. The van der Waals surface area contributed by atoms with Crippen LogP contribution < -0.4 is 0 Å². The van der Waals surface area contributed by atoms with Crippen LogP contribution >= 0.6 is 0 Å². The Morgan fingerprint density at radius 1 is 1.20 bits per heavy atom. The zero-order chi connectivity index (χ0) is 10.5. The molecule has 0 unspecified atom stereocenters. The molecule has 0 N–H and O–H groups in total. The van der Waals surface area contributed by atoms with Crippen molar-refractivity contribution < 1.29 is 4.39 Å². The Hall–Kier alpha value is -1.38. The number of hydrazone groups is 1. The topological polar surface area (TPSA) is 15.6 Å². The van der Waals surface area contributed by atoms with E-state index in [1.165, 1.54) is 31.4 Å². The van der Waals surface area contributed by atoms with Gasteiger partial charge in [-0.15, -0.1) is 0 Å². The molecule has 2 nitrogen and oxygen atoms in total. The Morgan fingerprint density at radius 3 is 2.73 bits per heavy atom. The van der Waals surface area contributed by atoms with Gasteiger partial charge in [0.1, 0.15) is 5.82 Å². The monoisotopic (exact) mass is 206 g/mol. The number of rotatable bonds is 2. The summed E-state index contributed by atoms with van der Waals surface area (Å²) in [5.74, 6) is -0.211. The Bertz CT molecular complexity index is 343. The molecule has 1 aliphatic rings. The van der Waals surface area contributed by atoms with Crippen molar-refractivity contribution in [2.75, 3.05) is 13.1 Å². The van der Waals surface area contributed by atoms with Crippen molar-refractivity contribution >= 4 is 6.21 Å². The number of halogens is 1. The highest BCUT2D eigenvalue weighted by Gasteiger charge is 2.05. The van der Waals surface area contributed by atoms with E-state index in [2.05, 4.69) is 10.1 Å². The lowest BCUT2D eigenvalue weighted by Gasteiger charge is -2.23. The summed E-state index contributed by atoms with van der Waals surface area (Å²) in [7, 11) is 0. The Morgan fingerprint density at radius 2 is 2.00 bits per heavy atom. The number of nitrogens with zero attached hydrogens (tertiary/aromatic N) is 2. The second-order valence-electron chi connectivity index (χ2n) is 3.81. The molecule has 1 aromatic carbocycles. The van der Waals surface area contributed by atoms with Crippen LogP contribution in [0.25, 0.3) is 0 Å². The van der Waals surface area contributed by atoms with Crippen LogP contribution in [0.5, 0.6) is 0 Å². The van der Waals surface area contributed by atoms with E-state index >= 15 is 0 Å². The zero-order valence-electron chi connectivity index (χ0n) is 8.69. The number of piperidine rings is 1. The molecule has 0 radical (unpaired) electrons. The minimum atomic E-state index is -0.211. The van der Waals surface area contributed by atoms with Crippen molar-refractivity contribution in [2.24, 2.45) is 5.10 Å². The van der Waals surface area contributed by atoms with Gasteiger partial charge >= 0.3 is 0 Å². The summed E-state index contributed by atoms with van der Waals surface area (Å²) in [6.45, 7) is 2.04. The third-order valence-electron chi connectivity index (χ3n) is 2.55. The molecular weight excluding hydrogens is 191 g/mol. The molecule has 0 saturated carbocycles. The second-order valence-corrected chi connectivity index (χ2v) is 3.81. The van der Waals surface area contributed by atoms with Crippen molar-refractivity contribution in [1.29, 1.82) is 0 Å². The van der Waals surface area contributed by atoms with Crippen LogP contribution in [0.4, 0.5) is 4.39 Å². The number of hydrogen-bond donors (Lipinski definition) is 0. The van der Waals surface area contributed by atoms with Gasteiger partial charge in [0.25, 0.3) is 0 Å². The van der Waals surface area contributed by atoms with Gasteiger partial charge in [-0.05, 0) is 37.0 Å². The molecule has 0 aliphatic carbocycles. The largest absolute Gasteiger partial charge is 0.297 e. The Kier molecular flexibility index (Phi) is 3.33. The van der Waals surface area contributed by atoms with Crippen molar-refractivity contribution in [3.05, 3.63) is 35.6 Å². The molecule has 0 amide bonds. The van der Waals surface area contributed by atoms with Crippen LogP contribution in [0.2, 0.25) is 0 Å². The summed E-state index contributed by atoms with van der Waals surface area (Å²) < 4.78 is 12.9. The van der Waals surface area contributed by atoms with E-state index in [1.54, 1.807) is 12.3 Å². The van der Waals surface area contributed by atoms with Crippen LogP contribution in [0.1, 0.15) is 24.8 Å². The van der Waals surface area contributed by atoms with Crippen molar-refractivity contribution in [1.82, 2.24) is 5.01 Å². The van der Waals surface area contributed by atoms with Gasteiger partial charge in [0, 0.05) is 13.1 Å². The first-order valence-electron chi connectivity index (χ1n) is 5.39. The van der Waals surface area contributed by atoms with E-state index in [0.29, 0.717) is 0 Å². The molecule has 15 heavy (non-hydrogen) atoms. The highest BCUT2D eigenvalue weighted by Crippen LogP contribution is 2.09. The summed E-state index contributed by atoms with van der Waals surface area (Å²) in [6.07, 6.45) is 5.45. The molecule has 1 saturated heterocycles. The van der Waals surface area contributed by atoms with Crippen molar-refractivity contribution in [3.8, 4) is 0 Å². The first kappa shape index (κ1) is 10.1. The highest BCUT2D eigenvalue weighted by atomic mass is 19.1. The van der Waals surface area contributed by atoms with Crippen LogP contribution in [-0.4, -0.2) is 24.3 Å². The van der Waals surface area contributed by atoms with E-state index in [4.69, 9.17) is 0 Å². The minimum absolute atomic E-state index is 0.211. The third-order valence-corrected chi connectivity index (χ3v) is 2.55. The predicted molar refractivity (Wildman–Crippen MR) is 59.4 cm³/mol. The van der Waals surface area contributed by atoms with Gasteiger partial charge in [-0.3, -0.25) is 5.01 Å². The van der Waals surface area contributed by atoms with Crippen LogP contribution in [0.15, 0.2) is 29.4 Å². The van der Waals surface area contributed by atoms with Gasteiger partial charge in [0.2, 0.25) is 0 Å². The standard InChI is InChI=1S/C12H15FN2/c13-12-6-4-5-11(9-12)10-14-15-7-2-1-3-8-15/h4-6,9-10H,1-3,7-8H2/b14-10+. The molecule has 0 aromatic heterocycles. The van der Waals surface area contributed by atoms with Gasteiger partial charge in [-0.2, -0.15) is 5.10 Å². The molecule has 1 heterocycles. The van der Waals surface area contributed by atoms with E-state index in [1.807, 2.05) is 6.07 Å². The lowest BCUT2D eigenvalue weighted by atomic mass is 10.2. The molecule has 3 heteroatoms. The molecule has 1 aromatic rings. The SMILES string of the molecule is Fc1cccc(/C=N/N2CCCCC2)c1. The predicted octanol–water partition coefficient (Wildman–Crippen LogP) is 2.65. The third kappa shape index (κ3) is 3.05. The van der Waals surface area contributed by atoms with E-state index in [9.17, 15) is 4.39 Å². The Balaban J connectivity index is 1.97. The fraction of sp³-hybridized carbons (Fsp3) is 0.417. The highest BCUT2D eigenvalue weighted by molar-refractivity contribution is 5.79. The maximum absolute atomic E-state index is 12.9. The van der Waals surface area contributed by atoms with Gasteiger partial charge < -0.3 is 0 Å². The van der Waals surface area contributed by atoms with Gasteiger partial charge in [0.05, 0.1) is 6.21 Å². The summed E-state index contributed by atoms with van der Waals surface area (Å²) in [6, 6.07) is 6.50. The molecule has 1 fully saturated rings. The average Bonchev–Trinajstić information content (AvgIpc) is 2.28. The fourth-order valence-corrected chi connectivity index (χ4v) is 1.73. The Labute approximate surface area is 89.4 Å². The maximum Gasteiger partial charge on any atom is 0.123 e. The fourth-order valence-electron chi connectivity index (χ4n) is 1.73. The van der Waals surface area contributed by atoms with Crippen LogP contribution in [0.3, 0.4) is 0 Å². The van der Waals surface area contributed by atoms with Gasteiger partial charge in [-0.25, -0.2) is 4.39 Å². The molecule has 0 bridgehead atoms. The van der Waals surface area contributed by atoms with E-state index in [0.717, 1.165) is 18.7 Å². The molecule has 2 rings (SSSR count). The smallest absolute Gasteiger partial charge is 0.123 e. The number of hydrogen-bond acceptors (Lipinski definition) is 2. The second kappa shape index (κ2) is 4.91. The van der Waals surface area contributed by atoms with E-state index in [-0.39, 0.29) is 5.82 Å². The molecule has 80 valence electrons. The van der Waals surface area contributed by atoms with Crippen LogP contribution in [0, 0.1) is 5.82 Å². The van der Waals surface area contributed by atoms with Gasteiger partial charge in [0.15, 0.2) is 0 Å². The first-order chi connectivity index (χ1) is 7.34. The number of benzene rings is 1. The van der Waals surface area contributed by atoms with Gasteiger partial charge in [-0.1, -0.05) is 12.1 Å². The van der Waals surface area contributed by atoms with Crippen LogP contribution in [-0.2, 0) is 0 Å². The summed E-state index contributed by atoms with van der Waals surface area (Å²) >= 11 is 0. The maximum atomic E-state index is 12.9. The molecule has 0 spiro atoms.